The van der Waals surface area contributed by atoms with E-state index in [0.29, 0.717) is 35.4 Å². The Hall–Kier alpha value is -1.71. The first-order valence-corrected chi connectivity index (χ1v) is 15.0. The number of rotatable bonds is 2. The summed E-state index contributed by atoms with van der Waals surface area (Å²) in [6.45, 7) is 18.9. The van der Waals surface area contributed by atoms with E-state index in [0.717, 1.165) is 44.9 Å². The average molecular weight is 505 g/mol. The Morgan fingerprint density at radius 2 is 1.70 bits per heavy atom. The molecule has 1 heterocycles. The second-order valence-corrected chi connectivity index (χ2v) is 15.3. The molecule has 0 bridgehead atoms. The normalized spacial score (nSPS) is 48.4. The Morgan fingerprint density at radius 3 is 2.38 bits per heavy atom. The van der Waals surface area contributed by atoms with Crippen molar-refractivity contribution in [3.63, 3.8) is 0 Å². The van der Waals surface area contributed by atoms with Crippen molar-refractivity contribution in [2.75, 3.05) is 0 Å². The van der Waals surface area contributed by atoms with Crippen LogP contribution in [0.5, 0.6) is 0 Å². The van der Waals surface area contributed by atoms with E-state index in [9.17, 15) is 9.59 Å². The molecule has 0 spiro atoms. The van der Waals surface area contributed by atoms with Gasteiger partial charge < -0.3 is 0 Å². The molecule has 0 unspecified atom stereocenters. The highest BCUT2D eigenvalue weighted by Crippen LogP contribution is 2.77. The summed E-state index contributed by atoms with van der Waals surface area (Å²) < 4.78 is 1.77. The van der Waals surface area contributed by atoms with E-state index < -0.39 is 0 Å². The number of hydrogen-bond acceptors (Lipinski definition) is 3. The Kier molecular flexibility index (Phi) is 5.47. The van der Waals surface area contributed by atoms with Gasteiger partial charge in [-0.3, -0.25) is 14.2 Å². The number of carbonyl (C=O) groups is 2. The number of Topliss-reactive ketones (excluding diaryl/α,β-unsaturated/α-hetero) is 1. The van der Waals surface area contributed by atoms with Crippen LogP contribution in [-0.2, 0) is 4.79 Å². The lowest BCUT2D eigenvalue weighted by Crippen LogP contribution is -2.66. The zero-order chi connectivity index (χ0) is 26.6. The lowest BCUT2D eigenvalue weighted by Gasteiger charge is -2.72. The maximum Gasteiger partial charge on any atom is 0.238 e. The van der Waals surface area contributed by atoms with Crippen molar-refractivity contribution in [1.29, 1.82) is 0 Å². The molecule has 0 N–H and O–H groups in total. The summed E-state index contributed by atoms with van der Waals surface area (Å²) in [5.41, 5.74) is 1.44. The molecule has 0 radical (unpaired) electrons. The number of aromatic nitrogens is 2. The number of ketones is 1. The van der Waals surface area contributed by atoms with Gasteiger partial charge in [0.15, 0.2) is 0 Å². The fourth-order valence-electron chi connectivity index (χ4n) is 11.9. The topological polar surface area (TPSA) is 52.0 Å². The van der Waals surface area contributed by atoms with Gasteiger partial charge >= 0.3 is 0 Å². The molecule has 6 rings (SSSR count). The standard InChI is InChI=1S/C33H48N2O2/c1-21(2)22-10-15-33(28(37)35-19-18-34-20-35)17-16-31(6)23(27(22)33)8-9-25-30(5)13-12-26(36)29(3,4)24(30)11-14-32(25,31)7/h18-20,22-25,27H,1,8-17H2,2-7H3/t22-,23+,24-,25+,27+,30-,31+,32+,33-/m0/s1. The van der Waals surface area contributed by atoms with Crippen LogP contribution in [0.4, 0.5) is 0 Å². The van der Waals surface area contributed by atoms with Crippen LogP contribution >= 0.6 is 0 Å². The van der Waals surface area contributed by atoms with Gasteiger partial charge in [-0.1, -0.05) is 46.8 Å². The van der Waals surface area contributed by atoms with E-state index in [2.05, 4.69) is 53.1 Å². The van der Waals surface area contributed by atoms with E-state index in [1.54, 1.807) is 17.1 Å². The highest BCUT2D eigenvalue weighted by molar-refractivity contribution is 5.86. The number of allylic oxidation sites excluding steroid dienone is 1. The molecule has 5 aliphatic rings. The van der Waals surface area contributed by atoms with Gasteiger partial charge in [0.05, 0.1) is 5.41 Å². The van der Waals surface area contributed by atoms with Crippen LogP contribution in [0.15, 0.2) is 30.9 Å². The molecule has 5 aliphatic carbocycles. The van der Waals surface area contributed by atoms with Gasteiger partial charge in [0.25, 0.3) is 0 Å². The number of imidazole rings is 1. The van der Waals surface area contributed by atoms with Crippen LogP contribution in [-0.4, -0.2) is 21.2 Å². The highest BCUT2D eigenvalue weighted by Gasteiger charge is 2.72. The fraction of sp³-hybridized carbons (Fsp3) is 0.788. The monoisotopic (exact) mass is 504 g/mol. The van der Waals surface area contributed by atoms with Gasteiger partial charge in [-0.2, -0.15) is 0 Å². The van der Waals surface area contributed by atoms with Crippen LogP contribution in [0.3, 0.4) is 0 Å². The van der Waals surface area contributed by atoms with E-state index in [4.69, 9.17) is 0 Å². The van der Waals surface area contributed by atoms with Crippen LogP contribution in [0.1, 0.15) is 111 Å². The van der Waals surface area contributed by atoms with Crippen molar-refractivity contribution in [3.8, 4) is 0 Å². The van der Waals surface area contributed by atoms with E-state index in [1.165, 1.54) is 24.8 Å². The molecule has 1 aromatic heterocycles. The van der Waals surface area contributed by atoms with E-state index in [-0.39, 0.29) is 33.0 Å². The third-order valence-electron chi connectivity index (χ3n) is 14.0. The van der Waals surface area contributed by atoms with E-state index in [1.807, 2.05) is 6.20 Å². The lowest BCUT2D eigenvalue weighted by molar-refractivity contribution is -0.230. The Balaban J connectivity index is 1.42. The molecule has 0 saturated heterocycles. The minimum Gasteiger partial charge on any atom is -0.299 e. The summed E-state index contributed by atoms with van der Waals surface area (Å²) in [5.74, 6) is 3.22. The predicted molar refractivity (Wildman–Crippen MR) is 147 cm³/mol. The van der Waals surface area contributed by atoms with Crippen LogP contribution in [0.2, 0.25) is 0 Å². The quantitative estimate of drug-likeness (QED) is 0.387. The number of hydrogen-bond donors (Lipinski definition) is 0. The largest absolute Gasteiger partial charge is 0.299 e. The summed E-state index contributed by atoms with van der Waals surface area (Å²) >= 11 is 0. The van der Waals surface area contributed by atoms with Crippen LogP contribution < -0.4 is 0 Å². The molecule has 4 nitrogen and oxygen atoms in total. The maximum absolute atomic E-state index is 14.2. The Bertz CT molecular complexity index is 1140. The van der Waals surface area contributed by atoms with Crippen molar-refractivity contribution in [2.45, 2.75) is 106 Å². The molecule has 5 saturated carbocycles. The second-order valence-electron chi connectivity index (χ2n) is 15.3. The molecule has 9 atom stereocenters. The smallest absolute Gasteiger partial charge is 0.238 e. The molecule has 202 valence electrons. The van der Waals surface area contributed by atoms with Crippen molar-refractivity contribution >= 4 is 11.7 Å². The molecule has 37 heavy (non-hydrogen) atoms. The SMILES string of the molecule is C=C(C)[C@@H]1CC[C@]2(C(=O)n3ccnc3)CC[C@]3(C)[C@H](CC[C@@H]4[C@@]5(C)CCC(=O)C(C)(C)[C@@H]5CC[C@]43C)[C@@H]12. The minimum absolute atomic E-state index is 0.205. The molecular formula is C33H48N2O2. The maximum atomic E-state index is 14.2. The number of carbonyl (C=O) groups excluding carboxylic acids is 2. The zero-order valence-corrected chi connectivity index (χ0v) is 24.1. The molecule has 0 amide bonds. The molecule has 0 aliphatic heterocycles. The molecule has 5 fully saturated rings. The summed E-state index contributed by atoms with van der Waals surface area (Å²) in [4.78, 5) is 31.4. The van der Waals surface area contributed by atoms with Gasteiger partial charge in [0.2, 0.25) is 5.91 Å². The first-order chi connectivity index (χ1) is 17.3. The van der Waals surface area contributed by atoms with Crippen molar-refractivity contribution in [3.05, 3.63) is 30.9 Å². The number of fused-ring (bicyclic) bond motifs is 7. The van der Waals surface area contributed by atoms with Gasteiger partial charge in [-0.05, 0) is 111 Å². The Morgan fingerprint density at radius 1 is 0.946 bits per heavy atom. The summed E-state index contributed by atoms with van der Waals surface area (Å²) in [7, 11) is 0. The van der Waals surface area contributed by atoms with Gasteiger partial charge in [-0.15, -0.1) is 0 Å². The summed E-state index contributed by atoms with van der Waals surface area (Å²) in [6.07, 6.45) is 16.1. The first kappa shape index (κ1) is 25.6. The van der Waals surface area contributed by atoms with Gasteiger partial charge in [0.1, 0.15) is 12.1 Å². The number of nitrogens with zero attached hydrogens (tertiary/aromatic N) is 2. The van der Waals surface area contributed by atoms with Crippen molar-refractivity contribution in [2.24, 2.45) is 56.7 Å². The second kappa shape index (κ2) is 7.92. The van der Waals surface area contributed by atoms with Crippen molar-refractivity contribution < 1.29 is 9.59 Å². The first-order valence-electron chi connectivity index (χ1n) is 15.0. The predicted octanol–water partition coefficient (Wildman–Crippen LogP) is 7.75. The minimum atomic E-state index is -0.294. The third-order valence-corrected chi connectivity index (χ3v) is 14.0. The molecular weight excluding hydrogens is 456 g/mol. The molecule has 4 heteroatoms. The fourth-order valence-corrected chi connectivity index (χ4v) is 11.9. The van der Waals surface area contributed by atoms with Crippen LogP contribution in [0.25, 0.3) is 0 Å². The summed E-state index contributed by atoms with van der Waals surface area (Å²) in [6, 6.07) is 0. The highest BCUT2D eigenvalue weighted by atomic mass is 16.2. The lowest BCUT2D eigenvalue weighted by atomic mass is 9.32. The van der Waals surface area contributed by atoms with Gasteiger partial charge in [0, 0.05) is 24.2 Å². The van der Waals surface area contributed by atoms with Crippen LogP contribution in [0, 0.1) is 56.7 Å². The zero-order valence-electron chi connectivity index (χ0n) is 24.1. The van der Waals surface area contributed by atoms with Gasteiger partial charge in [-0.25, -0.2) is 4.98 Å². The third kappa shape index (κ3) is 3.05. The summed E-state index contributed by atoms with van der Waals surface area (Å²) in [5, 5.41) is 0. The Labute approximate surface area is 224 Å². The van der Waals surface area contributed by atoms with E-state index >= 15 is 0 Å². The molecule has 1 aromatic rings. The molecule has 0 aromatic carbocycles. The van der Waals surface area contributed by atoms with Crippen molar-refractivity contribution in [1.82, 2.24) is 9.55 Å². The average Bonchev–Trinajstić information content (AvgIpc) is 3.51.